The first kappa shape index (κ1) is 14.5. The molecular weight excluding hydrogens is 281 g/mol. The SMILES string of the molecule is O=C(O)c1ccc(S(=O)(=O)CCOC(F)(F)F)o1. The van der Waals surface area contributed by atoms with Crippen molar-refractivity contribution in [1.82, 2.24) is 0 Å². The van der Waals surface area contributed by atoms with E-state index in [0.717, 1.165) is 12.1 Å². The molecule has 0 saturated heterocycles. The molecule has 0 aliphatic rings. The molecule has 0 aliphatic carbocycles. The molecule has 10 heteroatoms. The van der Waals surface area contributed by atoms with Crippen LogP contribution in [0.1, 0.15) is 10.6 Å². The van der Waals surface area contributed by atoms with Crippen molar-refractivity contribution < 1.29 is 40.6 Å². The summed E-state index contributed by atoms with van der Waals surface area (Å²) in [5.74, 6) is -3.08. The summed E-state index contributed by atoms with van der Waals surface area (Å²) in [6, 6.07) is 1.74. The lowest BCUT2D eigenvalue weighted by molar-refractivity contribution is -0.322. The zero-order valence-corrected chi connectivity index (χ0v) is 9.42. The molecule has 1 rings (SSSR count). The number of rotatable bonds is 5. The standard InChI is InChI=1S/C8H7F3O6S/c9-8(10,11)16-3-4-18(14,15)6-2-1-5(17-6)7(12)13/h1-2H,3-4H2,(H,12,13). The normalized spacial score (nSPS) is 12.6. The summed E-state index contributed by atoms with van der Waals surface area (Å²) in [6.45, 7) is -1.10. The highest BCUT2D eigenvalue weighted by Crippen LogP contribution is 2.18. The molecule has 0 radical (unpaired) electrons. The minimum atomic E-state index is -4.93. The second-order valence-electron chi connectivity index (χ2n) is 3.04. The van der Waals surface area contributed by atoms with Crippen LogP contribution in [0.3, 0.4) is 0 Å². The number of ether oxygens (including phenoxy) is 1. The molecular formula is C8H7F3O6S. The highest BCUT2D eigenvalue weighted by atomic mass is 32.2. The summed E-state index contributed by atoms with van der Waals surface area (Å²) < 4.78 is 65.5. The van der Waals surface area contributed by atoms with Crippen LogP contribution in [-0.2, 0) is 14.6 Å². The first-order chi connectivity index (χ1) is 8.12. The van der Waals surface area contributed by atoms with Crippen LogP contribution in [0.2, 0.25) is 0 Å². The van der Waals surface area contributed by atoms with E-state index in [1.807, 2.05) is 0 Å². The monoisotopic (exact) mass is 288 g/mol. The predicted molar refractivity (Wildman–Crippen MR) is 49.7 cm³/mol. The second-order valence-corrected chi connectivity index (χ2v) is 5.08. The fourth-order valence-corrected chi connectivity index (χ4v) is 1.97. The Kier molecular flexibility index (Phi) is 4.02. The number of hydrogen-bond donors (Lipinski definition) is 1. The van der Waals surface area contributed by atoms with Gasteiger partial charge in [0, 0.05) is 0 Å². The molecule has 0 bridgehead atoms. The molecule has 0 saturated carbocycles. The van der Waals surface area contributed by atoms with Gasteiger partial charge in [-0.05, 0) is 12.1 Å². The van der Waals surface area contributed by atoms with Gasteiger partial charge in [-0.15, -0.1) is 13.2 Å². The van der Waals surface area contributed by atoms with E-state index in [1.54, 1.807) is 0 Å². The molecule has 0 fully saturated rings. The Hall–Kier alpha value is -1.55. The zero-order chi connectivity index (χ0) is 14.0. The van der Waals surface area contributed by atoms with Crippen molar-refractivity contribution in [3.05, 3.63) is 17.9 Å². The third kappa shape index (κ3) is 4.04. The Bertz CT molecular complexity index is 529. The van der Waals surface area contributed by atoms with Crippen LogP contribution in [0.5, 0.6) is 0 Å². The number of furan rings is 1. The van der Waals surface area contributed by atoms with Crippen molar-refractivity contribution in [3.8, 4) is 0 Å². The van der Waals surface area contributed by atoms with E-state index in [1.165, 1.54) is 0 Å². The minimum Gasteiger partial charge on any atom is -0.475 e. The first-order valence-corrected chi connectivity index (χ1v) is 6.03. The second kappa shape index (κ2) is 4.98. The predicted octanol–water partition coefficient (Wildman–Crippen LogP) is 1.29. The number of alkyl halides is 3. The fraction of sp³-hybridized carbons (Fsp3) is 0.375. The van der Waals surface area contributed by atoms with Crippen molar-refractivity contribution in [1.29, 1.82) is 0 Å². The number of carboxylic acid groups (broad SMARTS) is 1. The molecule has 0 aliphatic heterocycles. The van der Waals surface area contributed by atoms with Crippen LogP contribution < -0.4 is 0 Å². The van der Waals surface area contributed by atoms with Crippen LogP contribution >= 0.6 is 0 Å². The van der Waals surface area contributed by atoms with E-state index in [0.29, 0.717) is 0 Å². The van der Waals surface area contributed by atoms with Gasteiger partial charge >= 0.3 is 12.3 Å². The molecule has 0 unspecified atom stereocenters. The summed E-state index contributed by atoms with van der Waals surface area (Å²) >= 11 is 0. The van der Waals surface area contributed by atoms with Crippen molar-refractivity contribution in [2.24, 2.45) is 0 Å². The Morgan fingerprint density at radius 1 is 1.39 bits per heavy atom. The van der Waals surface area contributed by atoms with Gasteiger partial charge in [-0.2, -0.15) is 0 Å². The quantitative estimate of drug-likeness (QED) is 0.877. The molecule has 1 heterocycles. The summed E-state index contributed by atoms with van der Waals surface area (Å²) in [4.78, 5) is 10.4. The maximum atomic E-state index is 11.6. The number of carboxylic acids is 1. The summed E-state index contributed by atoms with van der Waals surface area (Å²) in [5.41, 5.74) is 0. The van der Waals surface area contributed by atoms with Crippen LogP contribution in [0.25, 0.3) is 0 Å². The molecule has 1 N–H and O–H groups in total. The van der Waals surface area contributed by atoms with E-state index in [4.69, 9.17) is 5.11 Å². The fourth-order valence-electron chi connectivity index (χ4n) is 0.970. The molecule has 102 valence electrons. The van der Waals surface area contributed by atoms with Crippen molar-refractivity contribution >= 4 is 15.8 Å². The number of sulfone groups is 1. The lowest BCUT2D eigenvalue weighted by Crippen LogP contribution is -2.19. The van der Waals surface area contributed by atoms with E-state index < -0.39 is 45.4 Å². The molecule has 1 aromatic rings. The lowest BCUT2D eigenvalue weighted by atomic mass is 10.5. The van der Waals surface area contributed by atoms with Gasteiger partial charge < -0.3 is 9.52 Å². The van der Waals surface area contributed by atoms with Gasteiger partial charge in [0.05, 0.1) is 12.4 Å². The summed E-state index contributed by atoms with van der Waals surface area (Å²) in [5, 5.41) is 7.77. The Morgan fingerprint density at radius 3 is 2.44 bits per heavy atom. The van der Waals surface area contributed by atoms with Gasteiger partial charge in [-0.25, -0.2) is 13.2 Å². The summed E-state index contributed by atoms with van der Waals surface area (Å²) in [7, 11) is -4.15. The van der Waals surface area contributed by atoms with Crippen LogP contribution in [0.15, 0.2) is 21.6 Å². The number of aromatic carboxylic acids is 1. The van der Waals surface area contributed by atoms with E-state index in [2.05, 4.69) is 9.15 Å². The zero-order valence-electron chi connectivity index (χ0n) is 8.60. The molecule has 0 atom stereocenters. The number of halogens is 3. The van der Waals surface area contributed by atoms with Gasteiger partial charge in [-0.3, -0.25) is 4.74 Å². The van der Waals surface area contributed by atoms with E-state index in [-0.39, 0.29) is 0 Å². The molecule has 0 amide bonds. The highest BCUT2D eigenvalue weighted by molar-refractivity contribution is 7.91. The van der Waals surface area contributed by atoms with Crippen LogP contribution in [-0.4, -0.2) is 38.2 Å². The largest absolute Gasteiger partial charge is 0.522 e. The van der Waals surface area contributed by atoms with Gasteiger partial charge in [0.25, 0.3) is 0 Å². The third-order valence-corrected chi connectivity index (χ3v) is 3.25. The lowest BCUT2D eigenvalue weighted by Gasteiger charge is -2.06. The maximum Gasteiger partial charge on any atom is 0.522 e. The average Bonchev–Trinajstić information content (AvgIpc) is 2.63. The Labute approximate surface area is 98.9 Å². The number of carbonyl (C=O) groups is 1. The molecule has 6 nitrogen and oxygen atoms in total. The van der Waals surface area contributed by atoms with Crippen molar-refractivity contribution in [3.63, 3.8) is 0 Å². The average molecular weight is 288 g/mol. The van der Waals surface area contributed by atoms with E-state index >= 15 is 0 Å². The third-order valence-electron chi connectivity index (χ3n) is 1.72. The van der Waals surface area contributed by atoms with Crippen LogP contribution in [0, 0.1) is 0 Å². The Balaban J connectivity index is 2.71. The van der Waals surface area contributed by atoms with Gasteiger partial charge in [-0.1, -0.05) is 0 Å². The minimum absolute atomic E-state index is 0.620. The molecule has 0 aromatic carbocycles. The molecule has 18 heavy (non-hydrogen) atoms. The van der Waals surface area contributed by atoms with E-state index in [9.17, 15) is 26.4 Å². The van der Waals surface area contributed by atoms with Gasteiger partial charge in [0.1, 0.15) is 0 Å². The topological polar surface area (TPSA) is 93.8 Å². The molecule has 0 spiro atoms. The Morgan fingerprint density at radius 2 is 2.00 bits per heavy atom. The maximum absolute atomic E-state index is 11.6. The highest BCUT2D eigenvalue weighted by Gasteiger charge is 2.30. The van der Waals surface area contributed by atoms with Gasteiger partial charge in [0.2, 0.25) is 20.7 Å². The van der Waals surface area contributed by atoms with Crippen molar-refractivity contribution in [2.45, 2.75) is 11.5 Å². The van der Waals surface area contributed by atoms with Crippen molar-refractivity contribution in [2.75, 3.05) is 12.4 Å². The first-order valence-electron chi connectivity index (χ1n) is 4.38. The smallest absolute Gasteiger partial charge is 0.475 e. The van der Waals surface area contributed by atoms with Gasteiger partial charge in [0.15, 0.2) is 0 Å². The molecule has 1 aromatic heterocycles. The summed E-state index contributed by atoms with van der Waals surface area (Å²) in [6.07, 6.45) is -4.93. The number of hydrogen-bond acceptors (Lipinski definition) is 5. The van der Waals surface area contributed by atoms with Crippen LogP contribution in [0.4, 0.5) is 13.2 Å².